The van der Waals surface area contributed by atoms with Crippen LogP contribution in [-0.2, 0) is 14.3 Å². The van der Waals surface area contributed by atoms with Gasteiger partial charge < -0.3 is 10.5 Å². The van der Waals surface area contributed by atoms with E-state index in [4.69, 9.17) is 5.73 Å². The molecule has 0 rings (SSSR count). The summed E-state index contributed by atoms with van der Waals surface area (Å²) in [6.45, 7) is 2.37. The lowest BCUT2D eigenvalue weighted by molar-refractivity contribution is -0.145. The van der Waals surface area contributed by atoms with E-state index in [9.17, 15) is 9.59 Å². The van der Waals surface area contributed by atoms with Crippen molar-refractivity contribution in [2.45, 2.75) is 26.2 Å². The Morgan fingerprint density at radius 1 is 1.45 bits per heavy atom. The van der Waals surface area contributed by atoms with Crippen molar-refractivity contribution < 1.29 is 14.3 Å². The fraction of sp³-hybridized carbons (Fsp3) is 0.714. The summed E-state index contributed by atoms with van der Waals surface area (Å²) in [6, 6.07) is 0. The molecule has 0 bridgehead atoms. The minimum atomic E-state index is -0.647. The summed E-state index contributed by atoms with van der Waals surface area (Å²) in [5.41, 5.74) is 4.76. The normalized spacial score (nSPS) is 9.18. The van der Waals surface area contributed by atoms with Gasteiger partial charge in [-0.2, -0.15) is 0 Å². The van der Waals surface area contributed by atoms with Crippen molar-refractivity contribution >= 4 is 11.9 Å². The average Bonchev–Trinajstić information content (AvgIpc) is 1.86. The molecule has 0 aliphatic rings. The molecule has 0 saturated heterocycles. The minimum absolute atomic E-state index is 0.316. The van der Waals surface area contributed by atoms with E-state index in [2.05, 4.69) is 4.74 Å². The first-order chi connectivity index (χ1) is 5.16. The third kappa shape index (κ3) is 6.83. The second kappa shape index (κ2) is 5.70. The number of primary amides is 1. The van der Waals surface area contributed by atoms with Crippen molar-refractivity contribution in [1.82, 2.24) is 0 Å². The van der Waals surface area contributed by atoms with E-state index in [-0.39, 0.29) is 6.42 Å². The summed E-state index contributed by atoms with van der Waals surface area (Å²) >= 11 is 0. The summed E-state index contributed by atoms with van der Waals surface area (Å²) < 4.78 is 4.65. The summed E-state index contributed by atoms with van der Waals surface area (Å²) in [5.74, 6) is -1.18. The lowest BCUT2D eigenvalue weighted by atomic mass is 10.3. The molecule has 0 unspecified atom stereocenters. The highest BCUT2D eigenvalue weighted by Crippen LogP contribution is 1.90. The Morgan fingerprint density at radius 2 is 2.09 bits per heavy atom. The van der Waals surface area contributed by atoms with Gasteiger partial charge in [-0.1, -0.05) is 13.3 Å². The molecule has 0 spiro atoms. The number of unbranched alkanes of at least 4 members (excludes halogenated alkanes) is 1. The molecule has 0 fully saturated rings. The number of hydrogen-bond donors (Lipinski definition) is 1. The number of rotatable bonds is 5. The van der Waals surface area contributed by atoms with E-state index >= 15 is 0 Å². The topological polar surface area (TPSA) is 69.4 Å². The fourth-order valence-electron chi connectivity index (χ4n) is 0.524. The first kappa shape index (κ1) is 9.94. The van der Waals surface area contributed by atoms with Gasteiger partial charge in [0.25, 0.3) is 0 Å². The van der Waals surface area contributed by atoms with Gasteiger partial charge in [-0.15, -0.1) is 0 Å². The molecule has 0 aromatic heterocycles. The highest BCUT2D eigenvalue weighted by Gasteiger charge is 2.05. The molecule has 0 aromatic rings. The van der Waals surface area contributed by atoms with Gasteiger partial charge in [0, 0.05) is 0 Å². The Hall–Kier alpha value is -1.06. The third-order valence-electron chi connectivity index (χ3n) is 1.08. The van der Waals surface area contributed by atoms with Crippen molar-refractivity contribution in [1.29, 1.82) is 0 Å². The van der Waals surface area contributed by atoms with Crippen LogP contribution in [0.5, 0.6) is 0 Å². The molecule has 0 saturated carbocycles. The largest absolute Gasteiger partial charge is 0.465 e. The zero-order valence-electron chi connectivity index (χ0n) is 6.63. The average molecular weight is 159 g/mol. The molecule has 0 aromatic carbocycles. The molecule has 4 heteroatoms. The number of nitrogens with two attached hydrogens (primary N) is 1. The van der Waals surface area contributed by atoms with E-state index in [1.54, 1.807) is 0 Å². The SMILES string of the molecule is CCCCOC(=O)CC(N)=O. The van der Waals surface area contributed by atoms with E-state index in [1.165, 1.54) is 0 Å². The number of carbonyl (C=O) groups excluding carboxylic acids is 2. The van der Waals surface area contributed by atoms with Gasteiger partial charge in [0.2, 0.25) is 5.91 Å². The Labute approximate surface area is 65.7 Å². The smallest absolute Gasteiger partial charge is 0.315 e. The Bertz CT molecular complexity index is 145. The maximum atomic E-state index is 10.6. The summed E-state index contributed by atoms with van der Waals surface area (Å²) in [7, 11) is 0. The third-order valence-corrected chi connectivity index (χ3v) is 1.08. The van der Waals surface area contributed by atoms with Crippen LogP contribution in [0.3, 0.4) is 0 Å². The zero-order chi connectivity index (χ0) is 8.69. The molecule has 1 amide bonds. The molecule has 64 valence electrons. The van der Waals surface area contributed by atoms with Crippen LogP contribution in [0.2, 0.25) is 0 Å². The number of carbonyl (C=O) groups is 2. The first-order valence-electron chi connectivity index (χ1n) is 3.60. The van der Waals surface area contributed by atoms with Crippen LogP contribution in [0.15, 0.2) is 0 Å². The minimum Gasteiger partial charge on any atom is -0.465 e. The van der Waals surface area contributed by atoms with Crippen LogP contribution in [0, 0.1) is 0 Å². The standard InChI is InChI=1S/C7H13NO3/c1-2-3-4-11-7(10)5-6(8)9/h2-5H2,1H3,(H2,8,9). The van der Waals surface area contributed by atoms with Crippen molar-refractivity contribution in [3.63, 3.8) is 0 Å². The van der Waals surface area contributed by atoms with Crippen molar-refractivity contribution in [2.75, 3.05) is 6.61 Å². The van der Waals surface area contributed by atoms with Crippen LogP contribution in [0.25, 0.3) is 0 Å². The van der Waals surface area contributed by atoms with Crippen LogP contribution >= 0.6 is 0 Å². The molecule has 0 aliphatic heterocycles. The lowest BCUT2D eigenvalue weighted by Gasteiger charge is -2.00. The molecule has 0 aliphatic carbocycles. The molecule has 4 nitrogen and oxygen atoms in total. The Kier molecular flexibility index (Phi) is 5.15. The maximum Gasteiger partial charge on any atom is 0.315 e. The summed E-state index contributed by atoms with van der Waals surface area (Å²) in [5, 5.41) is 0. The predicted molar refractivity (Wildman–Crippen MR) is 39.7 cm³/mol. The highest BCUT2D eigenvalue weighted by atomic mass is 16.5. The van der Waals surface area contributed by atoms with Gasteiger partial charge >= 0.3 is 5.97 Å². The van der Waals surface area contributed by atoms with Gasteiger partial charge in [-0.3, -0.25) is 9.59 Å². The van der Waals surface area contributed by atoms with Crippen LogP contribution in [0.4, 0.5) is 0 Å². The number of ether oxygens (including phenoxy) is 1. The van der Waals surface area contributed by atoms with Gasteiger partial charge in [0.05, 0.1) is 6.61 Å². The number of esters is 1. The molecular weight excluding hydrogens is 146 g/mol. The second-order valence-corrected chi connectivity index (χ2v) is 2.22. The van der Waals surface area contributed by atoms with E-state index in [0.29, 0.717) is 6.61 Å². The molecule has 11 heavy (non-hydrogen) atoms. The predicted octanol–water partition coefficient (Wildman–Crippen LogP) is 0.205. The monoisotopic (exact) mass is 159 g/mol. The van der Waals surface area contributed by atoms with Gasteiger partial charge in [0.1, 0.15) is 6.42 Å². The van der Waals surface area contributed by atoms with Gasteiger partial charge in [0.15, 0.2) is 0 Å². The Morgan fingerprint density at radius 3 is 2.55 bits per heavy atom. The quantitative estimate of drug-likeness (QED) is 0.354. The number of hydrogen-bond acceptors (Lipinski definition) is 3. The fourth-order valence-corrected chi connectivity index (χ4v) is 0.524. The Balaban J connectivity index is 3.30. The van der Waals surface area contributed by atoms with Crippen molar-refractivity contribution in [2.24, 2.45) is 5.73 Å². The molecule has 2 N–H and O–H groups in total. The van der Waals surface area contributed by atoms with Crippen LogP contribution < -0.4 is 5.73 Å². The van der Waals surface area contributed by atoms with Crippen LogP contribution in [-0.4, -0.2) is 18.5 Å². The molecule has 0 radical (unpaired) electrons. The summed E-state index contributed by atoms with van der Waals surface area (Å²) in [4.78, 5) is 20.8. The van der Waals surface area contributed by atoms with Crippen molar-refractivity contribution in [3.05, 3.63) is 0 Å². The first-order valence-corrected chi connectivity index (χ1v) is 3.60. The zero-order valence-corrected chi connectivity index (χ0v) is 6.63. The molecular formula is C7H13NO3. The summed E-state index contributed by atoms with van der Waals surface area (Å²) in [6.07, 6.45) is 1.47. The van der Waals surface area contributed by atoms with E-state index in [1.807, 2.05) is 6.92 Å². The van der Waals surface area contributed by atoms with Crippen LogP contribution in [0.1, 0.15) is 26.2 Å². The molecule has 0 heterocycles. The molecule has 0 atom stereocenters. The van der Waals surface area contributed by atoms with E-state index < -0.39 is 11.9 Å². The second-order valence-electron chi connectivity index (χ2n) is 2.22. The van der Waals surface area contributed by atoms with E-state index in [0.717, 1.165) is 12.8 Å². The highest BCUT2D eigenvalue weighted by molar-refractivity contribution is 5.93. The van der Waals surface area contributed by atoms with Crippen molar-refractivity contribution in [3.8, 4) is 0 Å². The lowest BCUT2D eigenvalue weighted by Crippen LogP contribution is -2.18. The van der Waals surface area contributed by atoms with Gasteiger partial charge in [-0.05, 0) is 6.42 Å². The number of amides is 1. The van der Waals surface area contributed by atoms with Gasteiger partial charge in [-0.25, -0.2) is 0 Å². The maximum absolute atomic E-state index is 10.6.